The van der Waals surface area contributed by atoms with Gasteiger partial charge in [-0.2, -0.15) is 5.10 Å². The molecule has 1 aliphatic carbocycles. The van der Waals surface area contributed by atoms with Crippen LogP contribution in [0, 0.1) is 0 Å². The van der Waals surface area contributed by atoms with E-state index in [1.54, 1.807) is 0 Å². The molecule has 1 aromatic carbocycles. The molecule has 0 bridgehead atoms. The van der Waals surface area contributed by atoms with Gasteiger partial charge in [0.2, 0.25) is 0 Å². The standard InChI is InChI=1S/C21H20N4O/c26-21-20-17-9-7-15-13-23-16(8-6-14-4-2-1-3-5-14)12-18(15)19(17)24-25(20)11-10-22-21/h1-5,12-13H,6-11H2,(H,22,26). The molecule has 5 heteroatoms. The molecule has 0 saturated heterocycles. The Morgan fingerprint density at radius 3 is 2.88 bits per heavy atom. The van der Waals surface area contributed by atoms with E-state index in [-0.39, 0.29) is 5.91 Å². The van der Waals surface area contributed by atoms with Gasteiger partial charge in [-0.05, 0) is 42.9 Å². The monoisotopic (exact) mass is 344 g/mol. The van der Waals surface area contributed by atoms with Crippen molar-refractivity contribution in [3.63, 3.8) is 0 Å². The van der Waals surface area contributed by atoms with E-state index in [1.807, 2.05) is 16.9 Å². The fraction of sp³-hybridized carbons (Fsp3) is 0.286. The Labute approximate surface area is 152 Å². The maximum absolute atomic E-state index is 12.3. The number of pyridine rings is 1. The zero-order chi connectivity index (χ0) is 17.5. The molecule has 0 fully saturated rings. The van der Waals surface area contributed by atoms with Gasteiger partial charge in [-0.25, -0.2) is 0 Å². The van der Waals surface area contributed by atoms with Gasteiger partial charge < -0.3 is 5.32 Å². The molecule has 3 heterocycles. The summed E-state index contributed by atoms with van der Waals surface area (Å²) < 4.78 is 1.88. The van der Waals surface area contributed by atoms with Crippen LogP contribution in [0.1, 0.15) is 32.9 Å². The van der Waals surface area contributed by atoms with Crippen LogP contribution in [0.3, 0.4) is 0 Å². The maximum Gasteiger partial charge on any atom is 0.269 e. The van der Waals surface area contributed by atoms with E-state index in [0.717, 1.165) is 60.4 Å². The van der Waals surface area contributed by atoms with Gasteiger partial charge in [0.1, 0.15) is 5.69 Å². The molecule has 0 spiro atoms. The van der Waals surface area contributed by atoms with Crippen molar-refractivity contribution in [1.29, 1.82) is 0 Å². The summed E-state index contributed by atoms with van der Waals surface area (Å²) in [5, 5.41) is 7.71. The highest BCUT2D eigenvalue weighted by Gasteiger charge is 2.30. The van der Waals surface area contributed by atoms with Crippen LogP contribution in [0.25, 0.3) is 11.3 Å². The van der Waals surface area contributed by atoms with Crippen LogP contribution in [-0.2, 0) is 32.2 Å². The van der Waals surface area contributed by atoms with Crippen molar-refractivity contribution >= 4 is 5.91 Å². The molecule has 1 aliphatic heterocycles. The number of benzene rings is 1. The Bertz CT molecular complexity index is 991. The molecular weight excluding hydrogens is 324 g/mol. The highest BCUT2D eigenvalue weighted by molar-refractivity contribution is 5.96. The lowest BCUT2D eigenvalue weighted by Gasteiger charge is -2.18. The smallest absolute Gasteiger partial charge is 0.269 e. The maximum atomic E-state index is 12.3. The number of aryl methyl sites for hydroxylation is 3. The largest absolute Gasteiger partial charge is 0.349 e. The van der Waals surface area contributed by atoms with Gasteiger partial charge in [-0.3, -0.25) is 14.5 Å². The Hall–Kier alpha value is -2.95. The number of nitrogens with zero attached hydrogens (tertiary/aromatic N) is 3. The zero-order valence-corrected chi connectivity index (χ0v) is 14.5. The Morgan fingerprint density at radius 2 is 2.00 bits per heavy atom. The molecule has 1 N–H and O–H groups in total. The average Bonchev–Trinajstić information content (AvgIpc) is 3.07. The van der Waals surface area contributed by atoms with Gasteiger partial charge in [0.05, 0.1) is 12.2 Å². The molecule has 0 radical (unpaired) electrons. The number of nitrogens with one attached hydrogen (secondary N) is 1. The molecule has 2 aromatic heterocycles. The van der Waals surface area contributed by atoms with E-state index >= 15 is 0 Å². The number of aromatic nitrogens is 3. The lowest BCUT2D eigenvalue weighted by Crippen LogP contribution is -2.36. The van der Waals surface area contributed by atoms with Crippen molar-refractivity contribution in [2.75, 3.05) is 6.54 Å². The lowest BCUT2D eigenvalue weighted by molar-refractivity contribution is 0.0923. The SMILES string of the molecule is O=C1NCCn2nc3c(c21)CCc1cnc(CCc2ccccc2)cc1-3. The zero-order valence-electron chi connectivity index (χ0n) is 14.5. The second-order valence-electron chi connectivity index (χ2n) is 6.97. The minimum absolute atomic E-state index is 0.00630. The number of carbonyl (C=O) groups is 1. The minimum atomic E-state index is 0.00630. The van der Waals surface area contributed by atoms with E-state index in [2.05, 4.69) is 40.6 Å². The fourth-order valence-corrected chi connectivity index (χ4v) is 3.99. The third kappa shape index (κ3) is 2.51. The molecule has 1 amide bonds. The van der Waals surface area contributed by atoms with Gasteiger partial charge in [0.15, 0.2) is 0 Å². The summed E-state index contributed by atoms with van der Waals surface area (Å²) in [5.41, 5.74) is 7.60. The van der Waals surface area contributed by atoms with E-state index in [9.17, 15) is 4.79 Å². The predicted molar refractivity (Wildman–Crippen MR) is 99.0 cm³/mol. The summed E-state index contributed by atoms with van der Waals surface area (Å²) in [6.45, 7) is 1.40. The first kappa shape index (κ1) is 15.3. The molecule has 0 saturated carbocycles. The summed E-state index contributed by atoms with van der Waals surface area (Å²) in [5.74, 6) is 0.00630. The summed E-state index contributed by atoms with van der Waals surface area (Å²) in [6, 6.07) is 12.7. The molecule has 3 aromatic rings. The molecular formula is C21H20N4O. The summed E-state index contributed by atoms with van der Waals surface area (Å²) >= 11 is 0. The normalized spacial score (nSPS) is 15.0. The summed E-state index contributed by atoms with van der Waals surface area (Å²) in [4.78, 5) is 16.9. The second kappa shape index (κ2) is 6.09. The number of hydrogen-bond donors (Lipinski definition) is 1. The average molecular weight is 344 g/mol. The van der Waals surface area contributed by atoms with Crippen LogP contribution < -0.4 is 5.32 Å². The van der Waals surface area contributed by atoms with Crippen molar-refractivity contribution in [2.45, 2.75) is 32.2 Å². The molecule has 0 atom stereocenters. The Kier molecular flexibility index (Phi) is 3.59. The highest BCUT2D eigenvalue weighted by Crippen LogP contribution is 2.35. The molecule has 5 nitrogen and oxygen atoms in total. The van der Waals surface area contributed by atoms with Gasteiger partial charge in [-0.1, -0.05) is 30.3 Å². The molecule has 130 valence electrons. The van der Waals surface area contributed by atoms with Crippen LogP contribution in [-0.4, -0.2) is 27.2 Å². The summed E-state index contributed by atoms with van der Waals surface area (Å²) in [7, 11) is 0. The molecule has 2 aliphatic rings. The first-order chi connectivity index (χ1) is 12.8. The van der Waals surface area contributed by atoms with Crippen molar-refractivity contribution < 1.29 is 4.79 Å². The van der Waals surface area contributed by atoms with Gasteiger partial charge in [-0.15, -0.1) is 0 Å². The predicted octanol–water partition coefficient (Wildman–Crippen LogP) is 2.57. The number of amides is 1. The first-order valence-electron chi connectivity index (χ1n) is 9.19. The van der Waals surface area contributed by atoms with Crippen LogP contribution in [0.2, 0.25) is 0 Å². The van der Waals surface area contributed by atoms with E-state index in [0.29, 0.717) is 6.54 Å². The second-order valence-corrected chi connectivity index (χ2v) is 6.97. The van der Waals surface area contributed by atoms with Crippen molar-refractivity contribution in [3.8, 4) is 11.3 Å². The quantitative estimate of drug-likeness (QED) is 0.794. The van der Waals surface area contributed by atoms with E-state index < -0.39 is 0 Å². The Balaban J connectivity index is 1.49. The molecule has 26 heavy (non-hydrogen) atoms. The van der Waals surface area contributed by atoms with Crippen LogP contribution in [0.15, 0.2) is 42.6 Å². The number of fused-ring (bicyclic) bond motifs is 5. The van der Waals surface area contributed by atoms with Crippen LogP contribution >= 0.6 is 0 Å². The number of hydrogen-bond acceptors (Lipinski definition) is 3. The van der Waals surface area contributed by atoms with E-state index in [1.165, 1.54) is 11.1 Å². The minimum Gasteiger partial charge on any atom is -0.349 e. The number of carbonyl (C=O) groups excluding carboxylic acids is 1. The summed E-state index contributed by atoms with van der Waals surface area (Å²) in [6.07, 6.45) is 5.65. The van der Waals surface area contributed by atoms with Crippen molar-refractivity contribution in [2.24, 2.45) is 0 Å². The van der Waals surface area contributed by atoms with Gasteiger partial charge in [0.25, 0.3) is 5.91 Å². The van der Waals surface area contributed by atoms with E-state index in [4.69, 9.17) is 5.10 Å². The molecule has 0 unspecified atom stereocenters. The third-order valence-electron chi connectivity index (χ3n) is 5.33. The highest BCUT2D eigenvalue weighted by atomic mass is 16.2. The fourth-order valence-electron chi connectivity index (χ4n) is 3.99. The Morgan fingerprint density at radius 1 is 1.12 bits per heavy atom. The number of rotatable bonds is 3. The first-order valence-corrected chi connectivity index (χ1v) is 9.19. The van der Waals surface area contributed by atoms with Crippen molar-refractivity contribution in [1.82, 2.24) is 20.1 Å². The third-order valence-corrected chi connectivity index (χ3v) is 5.33. The van der Waals surface area contributed by atoms with Crippen LogP contribution in [0.4, 0.5) is 0 Å². The van der Waals surface area contributed by atoms with Crippen LogP contribution in [0.5, 0.6) is 0 Å². The lowest BCUT2D eigenvalue weighted by atomic mass is 9.89. The molecule has 5 rings (SSSR count). The van der Waals surface area contributed by atoms with Crippen molar-refractivity contribution in [3.05, 3.63) is 70.7 Å². The topological polar surface area (TPSA) is 59.8 Å². The van der Waals surface area contributed by atoms with Gasteiger partial charge in [0, 0.05) is 29.6 Å². The van der Waals surface area contributed by atoms with Gasteiger partial charge >= 0.3 is 0 Å².